The number of hydrogen-bond donors (Lipinski definition) is 4. The number of rotatable bonds is 4. The maximum Gasteiger partial charge on any atom is 0.320 e. The van der Waals surface area contributed by atoms with E-state index in [4.69, 9.17) is 10.9 Å². The summed E-state index contributed by atoms with van der Waals surface area (Å²) >= 11 is 0. The molecule has 0 aromatic heterocycles. The van der Waals surface area contributed by atoms with Crippen molar-refractivity contribution < 1.29 is 10.0 Å². The van der Waals surface area contributed by atoms with Crippen LogP contribution in [-0.4, -0.2) is 22.6 Å². The summed E-state index contributed by atoms with van der Waals surface area (Å²) in [5, 5.41) is 17.1. The Morgan fingerprint density at radius 1 is 1.53 bits per heavy atom. The van der Waals surface area contributed by atoms with E-state index in [2.05, 4.69) is 15.8 Å². The Hall–Kier alpha value is -2.24. The van der Waals surface area contributed by atoms with Gasteiger partial charge in [0.2, 0.25) is 0 Å². The van der Waals surface area contributed by atoms with Gasteiger partial charge in [-0.3, -0.25) is 0 Å². The van der Waals surface area contributed by atoms with Crippen LogP contribution in [0.2, 0.25) is 0 Å². The summed E-state index contributed by atoms with van der Waals surface area (Å²) in [6.45, 7) is 5.47. The van der Waals surface area contributed by atoms with Crippen LogP contribution >= 0.6 is 0 Å². The van der Waals surface area contributed by atoms with Gasteiger partial charge in [0.1, 0.15) is 0 Å². The Kier molecular flexibility index (Phi) is 4.74. The summed E-state index contributed by atoms with van der Waals surface area (Å²) in [6.07, 6.45) is 0.504. The highest BCUT2D eigenvalue weighted by Crippen LogP contribution is 2.12. The minimum Gasteiger partial charge on any atom is -0.409 e. The molecule has 0 radical (unpaired) electrons. The number of aryl methyl sites for hydroxylation is 1. The highest BCUT2D eigenvalue weighted by Gasteiger charge is 2.29. The summed E-state index contributed by atoms with van der Waals surface area (Å²) < 4.78 is 0. The van der Waals surface area contributed by atoms with Gasteiger partial charge in [0.05, 0.1) is 5.54 Å². The van der Waals surface area contributed by atoms with Crippen LogP contribution in [-0.2, 0) is 0 Å². The van der Waals surface area contributed by atoms with Crippen molar-refractivity contribution in [1.29, 1.82) is 0 Å². The van der Waals surface area contributed by atoms with Crippen molar-refractivity contribution in [3.63, 3.8) is 0 Å². The first-order valence-corrected chi connectivity index (χ1v) is 6.05. The van der Waals surface area contributed by atoms with Crippen molar-refractivity contribution in [2.24, 2.45) is 10.9 Å². The number of carbonyl (C=O) groups is 1. The van der Waals surface area contributed by atoms with Crippen molar-refractivity contribution in [1.82, 2.24) is 5.32 Å². The maximum absolute atomic E-state index is 11.9. The third kappa shape index (κ3) is 3.87. The SMILES string of the molecule is CCC(C)(NC(=O)Nc1cccc(C)c1)/C(N)=N/O. The number of nitrogens with two attached hydrogens (primary N) is 1. The van der Waals surface area contributed by atoms with E-state index in [1.165, 1.54) is 0 Å². The molecule has 1 aromatic rings. The van der Waals surface area contributed by atoms with Crippen LogP contribution < -0.4 is 16.4 Å². The summed E-state index contributed by atoms with van der Waals surface area (Å²) in [6, 6.07) is 7.04. The fourth-order valence-electron chi connectivity index (χ4n) is 1.58. The van der Waals surface area contributed by atoms with Gasteiger partial charge in [-0.1, -0.05) is 24.2 Å². The maximum atomic E-state index is 11.9. The predicted molar refractivity (Wildman–Crippen MR) is 75.4 cm³/mol. The standard InChI is InChI=1S/C13H20N4O2/c1-4-13(3,11(14)17-19)16-12(18)15-10-7-5-6-9(2)8-10/h5-8,19H,4H2,1-3H3,(H2,14,17)(H2,15,16,18). The third-order valence-electron chi connectivity index (χ3n) is 3.05. The molecule has 0 aliphatic rings. The first kappa shape index (κ1) is 14.8. The molecule has 6 heteroatoms. The van der Waals surface area contributed by atoms with E-state index in [1.807, 2.05) is 32.0 Å². The van der Waals surface area contributed by atoms with Crippen molar-refractivity contribution in [3.05, 3.63) is 29.8 Å². The van der Waals surface area contributed by atoms with Gasteiger partial charge in [0.25, 0.3) is 0 Å². The van der Waals surface area contributed by atoms with Gasteiger partial charge < -0.3 is 21.6 Å². The van der Waals surface area contributed by atoms with Crippen LogP contribution in [0.3, 0.4) is 0 Å². The highest BCUT2D eigenvalue weighted by atomic mass is 16.4. The lowest BCUT2D eigenvalue weighted by Crippen LogP contribution is -2.56. The van der Waals surface area contributed by atoms with Gasteiger partial charge in [-0.15, -0.1) is 0 Å². The van der Waals surface area contributed by atoms with Crippen molar-refractivity contribution >= 4 is 17.6 Å². The lowest BCUT2D eigenvalue weighted by atomic mass is 9.98. The smallest absolute Gasteiger partial charge is 0.320 e. The monoisotopic (exact) mass is 264 g/mol. The van der Waals surface area contributed by atoms with E-state index in [0.717, 1.165) is 5.56 Å². The first-order chi connectivity index (χ1) is 8.91. The minimum absolute atomic E-state index is 0.0330. The molecule has 0 spiro atoms. The molecule has 0 aliphatic carbocycles. The molecule has 1 atom stereocenters. The molecule has 19 heavy (non-hydrogen) atoms. The van der Waals surface area contributed by atoms with Crippen LogP contribution in [0.15, 0.2) is 29.4 Å². The lowest BCUT2D eigenvalue weighted by Gasteiger charge is -2.28. The molecular formula is C13H20N4O2. The summed E-state index contributed by atoms with van der Waals surface area (Å²) in [5.74, 6) is -0.0330. The molecule has 0 bridgehead atoms. The zero-order chi connectivity index (χ0) is 14.5. The van der Waals surface area contributed by atoms with Gasteiger partial charge in [-0.2, -0.15) is 0 Å². The zero-order valence-corrected chi connectivity index (χ0v) is 11.4. The van der Waals surface area contributed by atoms with E-state index < -0.39 is 11.6 Å². The first-order valence-electron chi connectivity index (χ1n) is 6.05. The molecule has 2 amide bonds. The highest BCUT2D eigenvalue weighted by molar-refractivity contribution is 5.97. The Balaban J connectivity index is 2.74. The number of carbonyl (C=O) groups excluding carboxylic acids is 1. The summed E-state index contributed by atoms with van der Waals surface area (Å²) in [5.41, 5.74) is 6.44. The normalized spacial score (nSPS) is 14.6. The van der Waals surface area contributed by atoms with Crippen LogP contribution in [0.25, 0.3) is 0 Å². The van der Waals surface area contributed by atoms with Gasteiger partial charge in [-0.25, -0.2) is 4.79 Å². The zero-order valence-electron chi connectivity index (χ0n) is 11.4. The second-order valence-electron chi connectivity index (χ2n) is 4.62. The Bertz CT molecular complexity index is 487. The molecule has 0 saturated carbocycles. The molecule has 1 rings (SSSR count). The van der Waals surface area contributed by atoms with Crippen LogP contribution in [0.5, 0.6) is 0 Å². The van der Waals surface area contributed by atoms with Crippen molar-refractivity contribution in [2.45, 2.75) is 32.7 Å². The number of nitrogens with one attached hydrogen (secondary N) is 2. The van der Waals surface area contributed by atoms with Gasteiger partial charge in [0.15, 0.2) is 5.84 Å². The Morgan fingerprint density at radius 3 is 2.74 bits per heavy atom. The number of benzene rings is 1. The van der Waals surface area contributed by atoms with Gasteiger partial charge >= 0.3 is 6.03 Å². The number of amides is 2. The van der Waals surface area contributed by atoms with E-state index in [-0.39, 0.29) is 5.84 Å². The Morgan fingerprint density at radius 2 is 2.21 bits per heavy atom. The average Bonchev–Trinajstić information content (AvgIpc) is 2.37. The van der Waals surface area contributed by atoms with Crippen molar-refractivity contribution in [2.75, 3.05) is 5.32 Å². The number of urea groups is 1. The van der Waals surface area contributed by atoms with Crippen LogP contribution in [0, 0.1) is 6.92 Å². The molecular weight excluding hydrogens is 244 g/mol. The molecule has 6 nitrogen and oxygen atoms in total. The van der Waals surface area contributed by atoms with E-state index in [1.54, 1.807) is 13.0 Å². The van der Waals surface area contributed by atoms with E-state index >= 15 is 0 Å². The average molecular weight is 264 g/mol. The van der Waals surface area contributed by atoms with E-state index in [9.17, 15) is 4.79 Å². The van der Waals surface area contributed by atoms with Gasteiger partial charge in [-0.05, 0) is 38.0 Å². The van der Waals surface area contributed by atoms with Gasteiger partial charge in [0, 0.05) is 5.69 Å². The molecule has 0 aliphatic heterocycles. The van der Waals surface area contributed by atoms with E-state index in [0.29, 0.717) is 12.1 Å². The quantitative estimate of drug-likeness (QED) is 0.290. The number of oxime groups is 1. The predicted octanol–water partition coefficient (Wildman–Crippen LogP) is 2.03. The lowest BCUT2D eigenvalue weighted by molar-refractivity contribution is 0.244. The molecule has 0 heterocycles. The number of anilines is 1. The molecule has 1 aromatic carbocycles. The summed E-state index contributed by atoms with van der Waals surface area (Å²) in [4.78, 5) is 11.9. The molecule has 1 unspecified atom stereocenters. The second kappa shape index (κ2) is 6.08. The fraction of sp³-hybridized carbons (Fsp3) is 0.385. The topological polar surface area (TPSA) is 99.7 Å². The van der Waals surface area contributed by atoms with Crippen molar-refractivity contribution in [3.8, 4) is 0 Å². The third-order valence-corrected chi connectivity index (χ3v) is 3.05. The summed E-state index contributed by atoms with van der Waals surface area (Å²) in [7, 11) is 0. The molecule has 0 fully saturated rings. The molecule has 104 valence electrons. The fourth-order valence-corrected chi connectivity index (χ4v) is 1.58. The largest absolute Gasteiger partial charge is 0.409 e. The second-order valence-corrected chi connectivity index (χ2v) is 4.62. The van der Waals surface area contributed by atoms with Crippen LogP contribution in [0.1, 0.15) is 25.8 Å². The Labute approximate surface area is 112 Å². The number of amidine groups is 1. The molecule has 5 N–H and O–H groups in total. The van der Waals surface area contributed by atoms with Crippen LogP contribution in [0.4, 0.5) is 10.5 Å². The number of nitrogens with zero attached hydrogens (tertiary/aromatic N) is 1. The minimum atomic E-state index is -0.886. The molecule has 0 saturated heterocycles. The number of hydrogen-bond acceptors (Lipinski definition) is 3.